The lowest BCUT2D eigenvalue weighted by Crippen LogP contribution is -2.34. The molecule has 5 nitrogen and oxygen atoms in total. The Morgan fingerprint density at radius 2 is 1.74 bits per heavy atom. The van der Waals surface area contributed by atoms with E-state index in [9.17, 15) is 4.79 Å². The lowest BCUT2D eigenvalue weighted by Gasteiger charge is -2.34. The molecule has 2 aliphatic heterocycles. The first-order chi connectivity index (χ1) is 16.6. The summed E-state index contributed by atoms with van der Waals surface area (Å²) in [5.41, 5.74) is 4.88. The van der Waals surface area contributed by atoms with E-state index in [1.807, 2.05) is 36.4 Å². The molecular weight excluding hydrogens is 424 g/mol. The first-order valence-electron chi connectivity index (χ1n) is 12.0. The number of carbonyl (C=O) groups excluding carboxylic acids is 1. The molecule has 0 spiro atoms. The molecule has 1 atom stereocenters. The molecule has 3 aromatic rings. The lowest BCUT2D eigenvalue weighted by atomic mass is 10.0. The molecule has 5 rings (SSSR count). The molecule has 2 aliphatic rings. The molecule has 2 heterocycles. The Bertz CT molecular complexity index is 1210. The Kier molecular flexibility index (Phi) is 6.12. The number of benzene rings is 3. The van der Waals surface area contributed by atoms with E-state index < -0.39 is 0 Å². The van der Waals surface area contributed by atoms with Crippen molar-refractivity contribution in [2.24, 2.45) is 0 Å². The molecule has 1 unspecified atom stereocenters. The SMILES string of the molecule is CCN(CC)c1ccc(/C=C2\Oc3c(ccc4c3CN(C(C)c3ccccc3)CO4)C2=O)cc1. The van der Waals surface area contributed by atoms with Gasteiger partial charge in [-0.2, -0.15) is 0 Å². The Morgan fingerprint density at radius 1 is 1.00 bits per heavy atom. The number of carbonyl (C=O) groups is 1. The first kappa shape index (κ1) is 22.2. The van der Waals surface area contributed by atoms with Gasteiger partial charge < -0.3 is 14.4 Å². The molecule has 0 saturated heterocycles. The topological polar surface area (TPSA) is 42.0 Å². The normalized spacial score (nSPS) is 17.0. The summed E-state index contributed by atoms with van der Waals surface area (Å²) in [4.78, 5) is 17.7. The first-order valence-corrected chi connectivity index (χ1v) is 12.0. The summed E-state index contributed by atoms with van der Waals surface area (Å²) in [5, 5.41) is 0. The Balaban J connectivity index is 1.39. The third-order valence-electron chi connectivity index (χ3n) is 6.79. The Hall–Kier alpha value is -3.57. The van der Waals surface area contributed by atoms with Gasteiger partial charge in [-0.1, -0.05) is 42.5 Å². The Morgan fingerprint density at radius 3 is 2.44 bits per heavy atom. The van der Waals surface area contributed by atoms with Crippen LogP contribution in [0.25, 0.3) is 6.08 Å². The van der Waals surface area contributed by atoms with Crippen molar-refractivity contribution in [2.75, 3.05) is 24.7 Å². The van der Waals surface area contributed by atoms with Crippen LogP contribution in [0.4, 0.5) is 5.69 Å². The van der Waals surface area contributed by atoms with Gasteiger partial charge in [0.15, 0.2) is 5.76 Å². The van der Waals surface area contributed by atoms with Crippen molar-refractivity contribution in [1.29, 1.82) is 0 Å². The summed E-state index contributed by atoms with van der Waals surface area (Å²) in [6.45, 7) is 9.54. The van der Waals surface area contributed by atoms with Gasteiger partial charge in [-0.05, 0) is 62.2 Å². The summed E-state index contributed by atoms with van der Waals surface area (Å²) in [6, 6.07) is 22.5. The molecule has 0 bridgehead atoms. The van der Waals surface area contributed by atoms with Crippen LogP contribution in [0.1, 0.15) is 53.9 Å². The number of hydrogen-bond donors (Lipinski definition) is 0. The lowest BCUT2D eigenvalue weighted by molar-refractivity contribution is 0.0606. The van der Waals surface area contributed by atoms with Gasteiger partial charge in [0.05, 0.1) is 11.1 Å². The van der Waals surface area contributed by atoms with Crippen LogP contribution in [0.2, 0.25) is 0 Å². The molecule has 5 heteroatoms. The minimum absolute atomic E-state index is 0.0844. The number of rotatable bonds is 6. The quantitative estimate of drug-likeness (QED) is 0.424. The number of anilines is 1. The molecule has 34 heavy (non-hydrogen) atoms. The van der Waals surface area contributed by atoms with E-state index in [0.717, 1.165) is 30.0 Å². The van der Waals surface area contributed by atoms with E-state index in [0.29, 0.717) is 30.3 Å². The number of hydrogen-bond acceptors (Lipinski definition) is 5. The average molecular weight is 455 g/mol. The van der Waals surface area contributed by atoms with Gasteiger partial charge in [-0.15, -0.1) is 0 Å². The van der Waals surface area contributed by atoms with Gasteiger partial charge in [-0.25, -0.2) is 0 Å². The van der Waals surface area contributed by atoms with Crippen molar-refractivity contribution >= 4 is 17.5 Å². The monoisotopic (exact) mass is 454 g/mol. The van der Waals surface area contributed by atoms with Crippen LogP contribution >= 0.6 is 0 Å². The van der Waals surface area contributed by atoms with Gasteiger partial charge in [0.2, 0.25) is 5.78 Å². The Labute approximate surface area is 201 Å². The summed E-state index contributed by atoms with van der Waals surface area (Å²) in [7, 11) is 0. The molecular formula is C29H30N2O3. The second-order valence-electron chi connectivity index (χ2n) is 8.73. The highest BCUT2D eigenvalue weighted by Gasteiger charge is 2.34. The highest BCUT2D eigenvalue weighted by atomic mass is 16.5. The molecule has 0 N–H and O–H groups in total. The van der Waals surface area contributed by atoms with Crippen molar-refractivity contribution in [3.63, 3.8) is 0 Å². The fourth-order valence-corrected chi connectivity index (χ4v) is 4.69. The number of fused-ring (bicyclic) bond motifs is 3. The summed E-state index contributed by atoms with van der Waals surface area (Å²) < 4.78 is 12.2. The van der Waals surface area contributed by atoms with E-state index in [-0.39, 0.29) is 11.8 Å². The van der Waals surface area contributed by atoms with Gasteiger partial charge >= 0.3 is 0 Å². The third-order valence-corrected chi connectivity index (χ3v) is 6.79. The van der Waals surface area contributed by atoms with Crippen LogP contribution in [0.3, 0.4) is 0 Å². The molecule has 0 fully saturated rings. The number of ether oxygens (including phenoxy) is 2. The van der Waals surface area contributed by atoms with E-state index in [2.05, 4.69) is 67.0 Å². The summed E-state index contributed by atoms with van der Waals surface area (Å²) in [5.74, 6) is 1.68. The maximum Gasteiger partial charge on any atom is 0.231 e. The van der Waals surface area contributed by atoms with Crippen molar-refractivity contribution in [3.05, 3.63) is 94.7 Å². The number of ketones is 1. The smallest absolute Gasteiger partial charge is 0.231 e. The molecule has 0 aromatic heterocycles. The predicted octanol–water partition coefficient (Wildman–Crippen LogP) is 6.06. The standard InChI is InChI=1S/C29H30N2O3/c1-4-30(5-2)23-13-11-21(12-14-23)17-27-28(32)24-15-16-26-25(29(24)34-27)18-31(19-33-26)20(3)22-9-7-6-8-10-22/h6-17,20H,4-5,18-19H2,1-3H3/b27-17-. The second kappa shape index (κ2) is 9.35. The predicted molar refractivity (Wildman–Crippen MR) is 135 cm³/mol. The highest BCUT2D eigenvalue weighted by molar-refractivity contribution is 6.15. The minimum atomic E-state index is -0.0844. The second-order valence-corrected chi connectivity index (χ2v) is 8.73. The van der Waals surface area contributed by atoms with Crippen LogP contribution in [-0.2, 0) is 6.54 Å². The van der Waals surface area contributed by atoms with Crippen LogP contribution in [-0.4, -0.2) is 30.5 Å². The van der Waals surface area contributed by atoms with Gasteiger partial charge in [0.25, 0.3) is 0 Å². The van der Waals surface area contributed by atoms with Crippen LogP contribution in [0.5, 0.6) is 11.5 Å². The fourth-order valence-electron chi connectivity index (χ4n) is 4.69. The largest absolute Gasteiger partial charge is 0.478 e. The zero-order chi connectivity index (χ0) is 23.7. The number of allylic oxidation sites excluding steroid dienone is 1. The van der Waals surface area contributed by atoms with Crippen molar-refractivity contribution in [2.45, 2.75) is 33.4 Å². The molecule has 3 aromatic carbocycles. The minimum Gasteiger partial charge on any atom is -0.478 e. The van der Waals surface area contributed by atoms with E-state index in [1.54, 1.807) is 0 Å². The molecule has 0 aliphatic carbocycles. The van der Waals surface area contributed by atoms with E-state index >= 15 is 0 Å². The summed E-state index contributed by atoms with van der Waals surface area (Å²) in [6.07, 6.45) is 1.83. The van der Waals surface area contributed by atoms with E-state index in [1.165, 1.54) is 11.3 Å². The van der Waals surface area contributed by atoms with Crippen molar-refractivity contribution in [1.82, 2.24) is 4.90 Å². The van der Waals surface area contributed by atoms with Crippen molar-refractivity contribution in [3.8, 4) is 11.5 Å². The van der Waals surface area contributed by atoms with Crippen LogP contribution in [0, 0.1) is 0 Å². The van der Waals surface area contributed by atoms with Crippen molar-refractivity contribution < 1.29 is 14.3 Å². The van der Waals surface area contributed by atoms with Gasteiger partial charge in [0.1, 0.15) is 18.2 Å². The van der Waals surface area contributed by atoms with Crippen LogP contribution < -0.4 is 14.4 Å². The fraction of sp³-hybridized carbons (Fsp3) is 0.276. The van der Waals surface area contributed by atoms with Gasteiger partial charge in [-0.3, -0.25) is 9.69 Å². The number of Topliss-reactive ketones (excluding diaryl/α,β-unsaturated/α-hetero) is 1. The molecule has 0 amide bonds. The maximum absolute atomic E-state index is 13.1. The van der Waals surface area contributed by atoms with Crippen LogP contribution in [0.15, 0.2) is 72.5 Å². The third kappa shape index (κ3) is 4.08. The molecule has 0 radical (unpaired) electrons. The van der Waals surface area contributed by atoms with Gasteiger partial charge in [0, 0.05) is 31.4 Å². The number of nitrogens with zero attached hydrogens (tertiary/aromatic N) is 2. The molecule has 0 saturated carbocycles. The maximum atomic E-state index is 13.1. The zero-order valence-corrected chi connectivity index (χ0v) is 20.0. The molecule has 174 valence electrons. The summed E-state index contributed by atoms with van der Waals surface area (Å²) >= 11 is 0. The zero-order valence-electron chi connectivity index (χ0n) is 20.0. The van der Waals surface area contributed by atoms with E-state index in [4.69, 9.17) is 9.47 Å². The average Bonchev–Trinajstić information content (AvgIpc) is 3.21. The highest BCUT2D eigenvalue weighted by Crippen LogP contribution is 2.43.